The standard InChI is InChI=1S/C10H18N4S/c1-2-8-6-4-3-5-7-14(8)10-12-9(11)13-15-10/h8H,2-7H2,1H3,(H2,11,13). The Morgan fingerprint density at radius 1 is 1.47 bits per heavy atom. The highest BCUT2D eigenvalue weighted by molar-refractivity contribution is 7.09. The molecule has 0 aromatic carbocycles. The smallest absolute Gasteiger partial charge is 0.233 e. The molecule has 15 heavy (non-hydrogen) atoms. The van der Waals surface area contributed by atoms with Crippen molar-refractivity contribution in [1.29, 1.82) is 0 Å². The molecule has 0 saturated carbocycles. The average molecular weight is 226 g/mol. The van der Waals surface area contributed by atoms with Gasteiger partial charge in [0.1, 0.15) is 0 Å². The van der Waals surface area contributed by atoms with Crippen molar-refractivity contribution in [2.45, 2.75) is 45.1 Å². The minimum atomic E-state index is 0.411. The molecule has 0 amide bonds. The Labute approximate surface area is 94.7 Å². The molecule has 2 heterocycles. The zero-order chi connectivity index (χ0) is 10.7. The molecule has 0 aliphatic carbocycles. The highest BCUT2D eigenvalue weighted by Gasteiger charge is 2.22. The van der Waals surface area contributed by atoms with Crippen molar-refractivity contribution in [3.05, 3.63) is 0 Å². The molecular formula is C10H18N4S. The molecule has 1 aliphatic rings. The van der Waals surface area contributed by atoms with E-state index in [1.165, 1.54) is 43.6 Å². The van der Waals surface area contributed by atoms with Crippen LogP contribution in [0.3, 0.4) is 0 Å². The number of nitrogens with two attached hydrogens (primary N) is 1. The Morgan fingerprint density at radius 3 is 3.00 bits per heavy atom. The predicted molar refractivity (Wildman–Crippen MR) is 64.2 cm³/mol. The first-order valence-corrected chi connectivity index (χ1v) is 6.44. The van der Waals surface area contributed by atoms with E-state index in [0.717, 1.165) is 11.7 Å². The van der Waals surface area contributed by atoms with Crippen LogP contribution in [0.4, 0.5) is 11.1 Å². The van der Waals surface area contributed by atoms with Crippen molar-refractivity contribution in [3.63, 3.8) is 0 Å². The molecule has 1 aromatic heterocycles. The van der Waals surface area contributed by atoms with Gasteiger partial charge in [0.2, 0.25) is 11.1 Å². The molecule has 1 saturated heterocycles. The van der Waals surface area contributed by atoms with Crippen LogP contribution in [-0.4, -0.2) is 21.9 Å². The fraction of sp³-hybridized carbons (Fsp3) is 0.800. The number of nitrogens with zero attached hydrogens (tertiary/aromatic N) is 3. The lowest BCUT2D eigenvalue weighted by atomic mass is 10.1. The molecule has 1 unspecified atom stereocenters. The molecule has 1 aliphatic heterocycles. The van der Waals surface area contributed by atoms with E-state index in [-0.39, 0.29) is 0 Å². The SMILES string of the molecule is CCC1CCCCCN1c1nc(N)ns1. The Morgan fingerprint density at radius 2 is 2.33 bits per heavy atom. The van der Waals surface area contributed by atoms with Crippen molar-refractivity contribution in [1.82, 2.24) is 9.36 Å². The van der Waals surface area contributed by atoms with Gasteiger partial charge in [-0.3, -0.25) is 0 Å². The second-order valence-corrected chi connectivity index (χ2v) is 4.77. The Kier molecular flexibility index (Phi) is 3.41. The van der Waals surface area contributed by atoms with E-state index >= 15 is 0 Å². The highest BCUT2D eigenvalue weighted by Crippen LogP contribution is 2.27. The number of hydrogen-bond donors (Lipinski definition) is 1. The molecular weight excluding hydrogens is 208 g/mol. The normalized spacial score (nSPS) is 22.7. The third-order valence-corrected chi connectivity index (χ3v) is 3.79. The second-order valence-electron chi connectivity index (χ2n) is 4.04. The van der Waals surface area contributed by atoms with E-state index in [2.05, 4.69) is 21.2 Å². The fourth-order valence-electron chi connectivity index (χ4n) is 2.20. The van der Waals surface area contributed by atoms with Gasteiger partial charge >= 0.3 is 0 Å². The number of nitrogen functional groups attached to an aromatic ring is 1. The van der Waals surface area contributed by atoms with Gasteiger partial charge in [0.25, 0.3) is 0 Å². The molecule has 0 spiro atoms. The quantitative estimate of drug-likeness (QED) is 0.840. The molecule has 2 rings (SSSR count). The zero-order valence-corrected chi connectivity index (χ0v) is 9.96. The lowest BCUT2D eigenvalue weighted by molar-refractivity contribution is 0.555. The first-order valence-electron chi connectivity index (χ1n) is 5.67. The Bertz CT molecular complexity index is 312. The van der Waals surface area contributed by atoms with Gasteiger partial charge in [0.05, 0.1) is 0 Å². The molecule has 1 aromatic rings. The average Bonchev–Trinajstić information content (AvgIpc) is 2.54. The van der Waals surface area contributed by atoms with E-state index < -0.39 is 0 Å². The zero-order valence-electron chi connectivity index (χ0n) is 9.15. The van der Waals surface area contributed by atoms with Gasteiger partial charge in [0, 0.05) is 24.1 Å². The largest absolute Gasteiger partial charge is 0.367 e. The molecule has 5 heteroatoms. The van der Waals surface area contributed by atoms with Crippen LogP contribution in [0, 0.1) is 0 Å². The predicted octanol–water partition coefficient (Wildman–Crippen LogP) is 2.28. The summed E-state index contributed by atoms with van der Waals surface area (Å²) < 4.78 is 4.06. The number of rotatable bonds is 2. The lowest BCUT2D eigenvalue weighted by Crippen LogP contribution is -2.34. The maximum absolute atomic E-state index is 5.57. The Balaban J connectivity index is 2.16. The molecule has 1 fully saturated rings. The fourth-order valence-corrected chi connectivity index (χ4v) is 2.89. The lowest BCUT2D eigenvalue weighted by Gasteiger charge is -2.28. The van der Waals surface area contributed by atoms with Gasteiger partial charge in [-0.05, 0) is 19.3 Å². The van der Waals surface area contributed by atoms with Gasteiger partial charge < -0.3 is 10.6 Å². The van der Waals surface area contributed by atoms with Crippen LogP contribution in [0.2, 0.25) is 0 Å². The van der Waals surface area contributed by atoms with Crippen molar-refractivity contribution in [3.8, 4) is 0 Å². The summed E-state index contributed by atoms with van der Waals surface area (Å²) in [6.07, 6.45) is 6.38. The van der Waals surface area contributed by atoms with Crippen molar-refractivity contribution in [2.75, 3.05) is 17.2 Å². The van der Waals surface area contributed by atoms with Crippen LogP contribution in [-0.2, 0) is 0 Å². The van der Waals surface area contributed by atoms with E-state index in [1.54, 1.807) is 0 Å². The third kappa shape index (κ3) is 2.40. The summed E-state index contributed by atoms with van der Waals surface area (Å²) in [5.41, 5.74) is 5.57. The van der Waals surface area contributed by atoms with Crippen LogP contribution in [0.5, 0.6) is 0 Å². The highest BCUT2D eigenvalue weighted by atomic mass is 32.1. The van der Waals surface area contributed by atoms with Crippen LogP contribution < -0.4 is 10.6 Å². The van der Waals surface area contributed by atoms with E-state index in [4.69, 9.17) is 5.73 Å². The van der Waals surface area contributed by atoms with Crippen molar-refractivity contribution >= 4 is 22.6 Å². The molecule has 1 atom stereocenters. The van der Waals surface area contributed by atoms with E-state index in [9.17, 15) is 0 Å². The second kappa shape index (κ2) is 4.79. The summed E-state index contributed by atoms with van der Waals surface area (Å²) in [4.78, 5) is 6.68. The van der Waals surface area contributed by atoms with Gasteiger partial charge in [-0.25, -0.2) is 0 Å². The molecule has 4 nitrogen and oxygen atoms in total. The van der Waals surface area contributed by atoms with Crippen LogP contribution >= 0.6 is 11.5 Å². The van der Waals surface area contributed by atoms with Crippen LogP contribution in [0.1, 0.15) is 39.0 Å². The van der Waals surface area contributed by atoms with Gasteiger partial charge in [-0.1, -0.05) is 19.8 Å². The molecule has 2 N–H and O–H groups in total. The minimum Gasteiger partial charge on any atom is -0.367 e. The molecule has 84 valence electrons. The van der Waals surface area contributed by atoms with E-state index in [0.29, 0.717) is 12.0 Å². The summed E-state index contributed by atoms with van der Waals surface area (Å²) in [6.45, 7) is 3.35. The van der Waals surface area contributed by atoms with Crippen molar-refractivity contribution < 1.29 is 0 Å². The summed E-state index contributed by atoms with van der Waals surface area (Å²) in [6, 6.07) is 0.625. The summed E-state index contributed by atoms with van der Waals surface area (Å²) in [5.74, 6) is 0.411. The molecule has 0 bridgehead atoms. The van der Waals surface area contributed by atoms with Crippen LogP contribution in [0.25, 0.3) is 0 Å². The maximum atomic E-state index is 5.57. The topological polar surface area (TPSA) is 55.0 Å². The van der Waals surface area contributed by atoms with Gasteiger partial charge in [-0.2, -0.15) is 9.36 Å². The minimum absolute atomic E-state index is 0.411. The van der Waals surface area contributed by atoms with Crippen molar-refractivity contribution in [2.24, 2.45) is 0 Å². The van der Waals surface area contributed by atoms with E-state index in [1.807, 2.05) is 0 Å². The number of anilines is 2. The summed E-state index contributed by atoms with van der Waals surface area (Å²) in [7, 11) is 0. The summed E-state index contributed by atoms with van der Waals surface area (Å²) in [5, 5.41) is 1.00. The number of hydrogen-bond acceptors (Lipinski definition) is 5. The van der Waals surface area contributed by atoms with Crippen LogP contribution in [0.15, 0.2) is 0 Å². The number of aromatic nitrogens is 2. The first-order chi connectivity index (χ1) is 7.31. The van der Waals surface area contributed by atoms with Gasteiger partial charge in [-0.15, -0.1) is 0 Å². The molecule has 0 radical (unpaired) electrons. The maximum Gasteiger partial charge on any atom is 0.233 e. The van der Waals surface area contributed by atoms with Gasteiger partial charge in [0.15, 0.2) is 0 Å². The monoisotopic (exact) mass is 226 g/mol. The third-order valence-electron chi connectivity index (χ3n) is 3.03. The first kappa shape index (κ1) is 10.7. The Hall–Kier alpha value is -0.840. The summed E-state index contributed by atoms with van der Waals surface area (Å²) >= 11 is 1.42.